The Morgan fingerprint density at radius 1 is 1.03 bits per heavy atom. The first-order valence-corrected chi connectivity index (χ1v) is 10.8. The molecule has 0 aliphatic carbocycles. The Kier molecular flexibility index (Phi) is 7.50. The Morgan fingerprint density at radius 3 is 2.50 bits per heavy atom. The molecule has 6 nitrogen and oxygen atoms in total. The van der Waals surface area contributed by atoms with Gasteiger partial charge in [0.2, 0.25) is 12.6 Å². The Balaban J connectivity index is 1.42. The van der Waals surface area contributed by atoms with Gasteiger partial charge in [-0.05, 0) is 73.3 Å². The number of piperidine rings is 1. The molecule has 3 aromatic rings. The van der Waals surface area contributed by atoms with Crippen molar-refractivity contribution in [3.05, 3.63) is 94.8 Å². The Morgan fingerprint density at radius 2 is 1.85 bits per heavy atom. The predicted molar refractivity (Wildman–Crippen MR) is 119 cm³/mol. The molecule has 2 aromatic heterocycles. The maximum absolute atomic E-state index is 13.8. The summed E-state index contributed by atoms with van der Waals surface area (Å²) in [6.45, 7) is 2.22. The van der Waals surface area contributed by atoms with Crippen molar-refractivity contribution in [3.63, 3.8) is 0 Å². The van der Waals surface area contributed by atoms with Crippen molar-refractivity contribution in [1.82, 2.24) is 14.9 Å². The minimum absolute atomic E-state index is 0.203. The van der Waals surface area contributed by atoms with Crippen molar-refractivity contribution in [3.8, 4) is 6.07 Å². The van der Waals surface area contributed by atoms with E-state index in [9.17, 15) is 13.2 Å². The van der Waals surface area contributed by atoms with Gasteiger partial charge in [-0.1, -0.05) is 17.3 Å². The van der Waals surface area contributed by atoms with Crippen LogP contribution in [0.1, 0.15) is 41.1 Å². The molecule has 1 aromatic carbocycles. The minimum Gasteiger partial charge on any atom is -0.380 e. The van der Waals surface area contributed by atoms with Crippen molar-refractivity contribution in [1.29, 1.82) is 5.26 Å². The maximum atomic E-state index is 13.8. The summed E-state index contributed by atoms with van der Waals surface area (Å²) < 4.78 is 40.2. The second kappa shape index (κ2) is 10.9. The molecule has 0 amide bonds. The maximum Gasteiger partial charge on any atom is 0.212 e. The zero-order valence-electron chi connectivity index (χ0n) is 18.3. The molecular weight excluding hydrogens is 443 g/mol. The summed E-state index contributed by atoms with van der Waals surface area (Å²) in [6, 6.07) is 12.0. The molecule has 1 aliphatic rings. The van der Waals surface area contributed by atoms with Gasteiger partial charge in [-0.2, -0.15) is 9.65 Å². The van der Waals surface area contributed by atoms with E-state index in [1.807, 2.05) is 12.1 Å². The van der Waals surface area contributed by atoms with Gasteiger partial charge in [0.05, 0.1) is 5.69 Å². The lowest BCUT2D eigenvalue weighted by Gasteiger charge is -2.32. The molecule has 174 valence electrons. The largest absolute Gasteiger partial charge is 0.380 e. The number of halogens is 3. The van der Waals surface area contributed by atoms with E-state index in [0.717, 1.165) is 49.2 Å². The fourth-order valence-corrected chi connectivity index (χ4v) is 3.99. The Bertz CT molecular complexity index is 1180. The monoisotopic (exact) mass is 465 g/mol. The fraction of sp³-hybridized carbons (Fsp3) is 0.280. The van der Waals surface area contributed by atoms with Gasteiger partial charge in [-0.15, -0.1) is 0 Å². The average Bonchev–Trinajstić information content (AvgIpc) is 2.85. The molecule has 1 aliphatic heterocycles. The highest BCUT2D eigenvalue weighted by Crippen LogP contribution is 2.28. The summed E-state index contributed by atoms with van der Waals surface area (Å²) in [5, 5.41) is 12.6. The normalized spacial score (nSPS) is 15.2. The first-order chi connectivity index (χ1) is 16.5. The molecule has 0 atom stereocenters. The highest BCUT2D eigenvalue weighted by molar-refractivity contribution is 6.11. The van der Waals surface area contributed by atoms with Gasteiger partial charge in [0.25, 0.3) is 0 Å². The quantitative estimate of drug-likeness (QED) is 0.221. The van der Waals surface area contributed by atoms with Gasteiger partial charge in [-0.25, -0.2) is 13.8 Å². The van der Waals surface area contributed by atoms with Crippen molar-refractivity contribution < 1.29 is 18.0 Å². The van der Waals surface area contributed by atoms with Crippen LogP contribution in [0.15, 0.2) is 60.0 Å². The van der Waals surface area contributed by atoms with Crippen molar-refractivity contribution in [2.45, 2.75) is 25.3 Å². The molecule has 4 rings (SSSR count). The molecule has 0 saturated carbocycles. The zero-order chi connectivity index (χ0) is 23.9. The molecule has 0 spiro atoms. The topological polar surface area (TPSA) is 74.4 Å². The van der Waals surface area contributed by atoms with Gasteiger partial charge < -0.3 is 4.84 Å². The standard InChI is InChI=1S/C25H22F3N5O/c26-21-4-2-19(13-22(21)27)25(32-34-12-9-29)23-5-1-17(14-30-23)16-33-10-7-18(8-11-33)20-3-6-24(28)31-15-20/h1-6,13-15,18H,7-8,10-12,16H2. The summed E-state index contributed by atoms with van der Waals surface area (Å²) in [4.78, 5) is 15.5. The first kappa shape index (κ1) is 23.4. The van der Waals surface area contributed by atoms with Crippen molar-refractivity contribution in [2.24, 2.45) is 5.16 Å². The summed E-state index contributed by atoms with van der Waals surface area (Å²) in [6.07, 6.45) is 5.25. The number of hydrogen-bond acceptors (Lipinski definition) is 6. The van der Waals surface area contributed by atoms with Crippen LogP contribution in [0.3, 0.4) is 0 Å². The van der Waals surface area contributed by atoms with Gasteiger partial charge >= 0.3 is 0 Å². The molecule has 9 heteroatoms. The third-order valence-corrected chi connectivity index (χ3v) is 5.76. The molecule has 3 heterocycles. The Labute approximate surface area is 195 Å². The van der Waals surface area contributed by atoms with E-state index in [0.29, 0.717) is 18.2 Å². The van der Waals surface area contributed by atoms with Crippen molar-refractivity contribution >= 4 is 5.71 Å². The molecular formula is C25H22F3N5O. The SMILES string of the molecule is N#CCON=C(c1ccc(F)c(F)c1)c1ccc(CN2CCC(c3ccc(F)nc3)CC2)cn1. The van der Waals surface area contributed by atoms with E-state index < -0.39 is 17.6 Å². The van der Waals surface area contributed by atoms with Crippen LogP contribution < -0.4 is 0 Å². The van der Waals surface area contributed by atoms with Crippen LogP contribution in [-0.4, -0.2) is 40.3 Å². The molecule has 0 N–H and O–H groups in total. The van der Waals surface area contributed by atoms with Crippen LogP contribution in [0.5, 0.6) is 0 Å². The number of aromatic nitrogens is 2. The van der Waals surface area contributed by atoms with Crippen LogP contribution in [-0.2, 0) is 11.4 Å². The third kappa shape index (κ3) is 5.77. The number of nitriles is 1. The molecule has 1 saturated heterocycles. The zero-order valence-corrected chi connectivity index (χ0v) is 18.3. The summed E-state index contributed by atoms with van der Waals surface area (Å²) in [7, 11) is 0. The van der Waals surface area contributed by atoms with Gasteiger partial charge in [0.1, 0.15) is 11.8 Å². The third-order valence-electron chi connectivity index (χ3n) is 5.76. The van der Waals surface area contributed by atoms with Crippen LogP contribution >= 0.6 is 0 Å². The van der Waals surface area contributed by atoms with Gasteiger partial charge in [-0.3, -0.25) is 9.88 Å². The summed E-state index contributed by atoms with van der Waals surface area (Å²) in [5.41, 5.74) is 2.96. The number of pyridine rings is 2. The van der Waals surface area contributed by atoms with E-state index in [4.69, 9.17) is 10.1 Å². The van der Waals surface area contributed by atoms with E-state index in [-0.39, 0.29) is 17.9 Å². The van der Waals surface area contributed by atoms with Crippen LogP contribution in [0.4, 0.5) is 13.2 Å². The lowest BCUT2D eigenvalue weighted by molar-refractivity contribution is 0.179. The van der Waals surface area contributed by atoms with Gasteiger partial charge in [0, 0.05) is 24.5 Å². The number of nitrogens with zero attached hydrogens (tertiary/aromatic N) is 5. The fourth-order valence-electron chi connectivity index (χ4n) is 3.99. The number of hydrogen-bond donors (Lipinski definition) is 0. The first-order valence-electron chi connectivity index (χ1n) is 10.8. The average molecular weight is 465 g/mol. The van der Waals surface area contributed by atoms with E-state index in [1.54, 1.807) is 24.5 Å². The second-order valence-corrected chi connectivity index (χ2v) is 8.02. The van der Waals surface area contributed by atoms with Gasteiger partial charge in [0.15, 0.2) is 11.6 Å². The smallest absolute Gasteiger partial charge is 0.212 e. The minimum atomic E-state index is -1.01. The van der Waals surface area contributed by atoms with Crippen LogP contribution in [0.25, 0.3) is 0 Å². The van der Waals surface area contributed by atoms with Crippen LogP contribution in [0, 0.1) is 28.9 Å². The molecule has 0 radical (unpaired) electrons. The molecule has 1 fully saturated rings. The predicted octanol–water partition coefficient (Wildman–Crippen LogP) is 4.57. The number of benzene rings is 1. The van der Waals surface area contributed by atoms with E-state index in [1.165, 1.54) is 12.1 Å². The summed E-state index contributed by atoms with van der Waals surface area (Å²) >= 11 is 0. The summed E-state index contributed by atoms with van der Waals surface area (Å²) in [5.74, 6) is -2.08. The lowest BCUT2D eigenvalue weighted by Crippen LogP contribution is -2.32. The molecule has 0 unspecified atom stereocenters. The molecule has 0 bridgehead atoms. The molecule has 34 heavy (non-hydrogen) atoms. The number of likely N-dealkylation sites (tertiary alicyclic amines) is 1. The van der Waals surface area contributed by atoms with E-state index >= 15 is 0 Å². The van der Waals surface area contributed by atoms with Crippen LogP contribution in [0.2, 0.25) is 0 Å². The number of oxime groups is 1. The Hall–Kier alpha value is -3.77. The second-order valence-electron chi connectivity index (χ2n) is 8.02. The number of rotatable bonds is 7. The lowest BCUT2D eigenvalue weighted by atomic mass is 9.90. The highest BCUT2D eigenvalue weighted by atomic mass is 19.2. The highest BCUT2D eigenvalue weighted by Gasteiger charge is 2.21. The van der Waals surface area contributed by atoms with E-state index in [2.05, 4.69) is 20.0 Å². The van der Waals surface area contributed by atoms with Crippen molar-refractivity contribution in [2.75, 3.05) is 19.7 Å².